The van der Waals surface area contributed by atoms with Crippen molar-refractivity contribution in [3.8, 4) is 0 Å². The van der Waals surface area contributed by atoms with Gasteiger partial charge in [0.15, 0.2) is 0 Å². The number of hydrogen-bond donors (Lipinski definition) is 1. The summed E-state index contributed by atoms with van der Waals surface area (Å²) in [7, 11) is 1.67. The molecule has 0 unspecified atom stereocenters. The van der Waals surface area contributed by atoms with Gasteiger partial charge in [-0.2, -0.15) is 0 Å². The maximum atomic E-state index is 13.7. The Morgan fingerprint density at radius 3 is 2.80 bits per heavy atom. The Labute approximate surface area is 123 Å². The summed E-state index contributed by atoms with van der Waals surface area (Å²) in [5.41, 5.74) is 0.366. The molecule has 0 spiro atoms. The van der Waals surface area contributed by atoms with E-state index in [9.17, 15) is 9.18 Å². The highest BCUT2D eigenvalue weighted by molar-refractivity contribution is 6.31. The smallest absolute Gasteiger partial charge is 0.236 e. The van der Waals surface area contributed by atoms with Crippen LogP contribution >= 0.6 is 11.6 Å². The minimum absolute atomic E-state index is 0.0220. The van der Waals surface area contributed by atoms with Crippen molar-refractivity contribution in [3.63, 3.8) is 0 Å². The van der Waals surface area contributed by atoms with Crippen molar-refractivity contribution in [2.45, 2.75) is 6.54 Å². The van der Waals surface area contributed by atoms with Gasteiger partial charge in [-0.05, 0) is 12.1 Å². The molecule has 0 radical (unpaired) electrons. The minimum atomic E-state index is -0.376. The molecule has 1 aromatic rings. The first-order valence-electron chi connectivity index (χ1n) is 6.68. The summed E-state index contributed by atoms with van der Waals surface area (Å²) in [6, 6.07) is 4.55. The Morgan fingerprint density at radius 2 is 2.15 bits per heavy atom. The van der Waals surface area contributed by atoms with Gasteiger partial charge in [-0.15, -0.1) is 0 Å². The Hall–Kier alpha value is -1.17. The van der Waals surface area contributed by atoms with Gasteiger partial charge in [-0.25, -0.2) is 4.39 Å². The molecule has 1 aliphatic heterocycles. The second-order valence-corrected chi connectivity index (χ2v) is 5.38. The predicted molar refractivity (Wildman–Crippen MR) is 77.2 cm³/mol. The second-order valence-electron chi connectivity index (χ2n) is 4.98. The fraction of sp³-hybridized carbons (Fsp3) is 0.500. The number of halogens is 2. The van der Waals surface area contributed by atoms with E-state index < -0.39 is 0 Å². The van der Waals surface area contributed by atoms with Gasteiger partial charge in [0.25, 0.3) is 0 Å². The molecule has 110 valence electrons. The summed E-state index contributed by atoms with van der Waals surface area (Å²) in [6.45, 7) is 4.08. The lowest BCUT2D eigenvalue weighted by Gasteiger charge is -2.28. The van der Waals surface area contributed by atoms with Gasteiger partial charge in [0.1, 0.15) is 5.82 Å². The van der Waals surface area contributed by atoms with E-state index in [2.05, 4.69) is 10.2 Å². The zero-order valence-electron chi connectivity index (χ0n) is 11.5. The van der Waals surface area contributed by atoms with E-state index in [0.717, 1.165) is 26.2 Å². The van der Waals surface area contributed by atoms with E-state index in [4.69, 9.17) is 11.6 Å². The number of benzene rings is 1. The third kappa shape index (κ3) is 3.91. The van der Waals surface area contributed by atoms with Crippen LogP contribution in [0.2, 0.25) is 5.02 Å². The highest BCUT2D eigenvalue weighted by Crippen LogP contribution is 2.20. The molecule has 2 rings (SSSR count). The van der Waals surface area contributed by atoms with Crippen molar-refractivity contribution in [2.24, 2.45) is 0 Å². The van der Waals surface area contributed by atoms with E-state index in [1.807, 2.05) is 0 Å². The first-order valence-corrected chi connectivity index (χ1v) is 7.05. The van der Waals surface area contributed by atoms with E-state index in [1.165, 1.54) is 11.0 Å². The van der Waals surface area contributed by atoms with Crippen LogP contribution < -0.4 is 5.32 Å². The van der Waals surface area contributed by atoms with Crippen molar-refractivity contribution in [1.29, 1.82) is 0 Å². The standard InChI is InChI=1S/C14H19ClFN3O/c1-18(9-11-12(15)3-2-4-13(11)16)14(20)10-19-7-5-17-6-8-19/h2-4,17H,5-10H2,1H3. The van der Waals surface area contributed by atoms with Gasteiger partial charge in [0, 0.05) is 50.4 Å². The average molecular weight is 300 g/mol. The number of amides is 1. The van der Waals surface area contributed by atoms with Crippen LogP contribution in [-0.4, -0.2) is 55.5 Å². The van der Waals surface area contributed by atoms with Crippen molar-refractivity contribution in [1.82, 2.24) is 15.1 Å². The summed E-state index contributed by atoms with van der Waals surface area (Å²) in [5.74, 6) is -0.398. The van der Waals surface area contributed by atoms with Crippen molar-refractivity contribution >= 4 is 17.5 Å². The summed E-state index contributed by atoms with van der Waals surface area (Å²) in [6.07, 6.45) is 0. The zero-order chi connectivity index (χ0) is 14.5. The highest BCUT2D eigenvalue weighted by Gasteiger charge is 2.18. The normalized spacial score (nSPS) is 16.1. The first-order chi connectivity index (χ1) is 9.58. The maximum Gasteiger partial charge on any atom is 0.236 e. The molecule has 1 aromatic carbocycles. The second kappa shape index (κ2) is 7.02. The molecule has 1 aliphatic rings. The Kier molecular flexibility index (Phi) is 5.34. The first kappa shape index (κ1) is 15.2. The summed E-state index contributed by atoms with van der Waals surface area (Å²) >= 11 is 5.97. The number of carbonyl (C=O) groups excluding carboxylic acids is 1. The van der Waals surface area contributed by atoms with Crippen molar-refractivity contribution in [3.05, 3.63) is 34.6 Å². The summed E-state index contributed by atoms with van der Waals surface area (Å²) in [5, 5.41) is 3.59. The molecule has 0 aromatic heterocycles. The summed E-state index contributed by atoms with van der Waals surface area (Å²) < 4.78 is 13.7. The molecule has 1 fully saturated rings. The van der Waals surface area contributed by atoms with Gasteiger partial charge in [0.2, 0.25) is 5.91 Å². The van der Waals surface area contributed by atoms with Crippen LogP contribution in [0.3, 0.4) is 0 Å². The van der Waals surface area contributed by atoms with E-state index in [1.54, 1.807) is 19.2 Å². The Morgan fingerprint density at radius 1 is 1.45 bits per heavy atom. The molecule has 0 aliphatic carbocycles. The number of nitrogens with one attached hydrogen (secondary N) is 1. The van der Waals surface area contributed by atoms with Gasteiger partial charge >= 0.3 is 0 Å². The highest BCUT2D eigenvalue weighted by atomic mass is 35.5. The third-order valence-corrected chi connectivity index (χ3v) is 3.81. The van der Waals surface area contributed by atoms with Crippen LogP contribution in [0, 0.1) is 5.82 Å². The molecule has 1 amide bonds. The fourth-order valence-corrected chi connectivity index (χ4v) is 2.41. The van der Waals surface area contributed by atoms with Crippen LogP contribution in [0.25, 0.3) is 0 Å². The third-order valence-electron chi connectivity index (χ3n) is 3.45. The molecule has 0 bridgehead atoms. The number of piperazine rings is 1. The lowest BCUT2D eigenvalue weighted by molar-refractivity contribution is -0.131. The lowest BCUT2D eigenvalue weighted by atomic mass is 10.2. The van der Waals surface area contributed by atoms with E-state index in [-0.39, 0.29) is 18.3 Å². The molecule has 20 heavy (non-hydrogen) atoms. The summed E-state index contributed by atoms with van der Waals surface area (Å²) in [4.78, 5) is 15.8. The zero-order valence-corrected chi connectivity index (χ0v) is 12.3. The minimum Gasteiger partial charge on any atom is -0.340 e. The van der Waals surface area contributed by atoms with Crippen molar-refractivity contribution in [2.75, 3.05) is 39.8 Å². The SMILES string of the molecule is CN(Cc1c(F)cccc1Cl)C(=O)CN1CCNCC1. The van der Waals surface area contributed by atoms with Crippen LogP contribution in [-0.2, 0) is 11.3 Å². The molecular formula is C14H19ClFN3O. The van der Waals surface area contributed by atoms with Gasteiger partial charge in [-0.1, -0.05) is 17.7 Å². The van der Waals surface area contributed by atoms with E-state index >= 15 is 0 Å². The molecule has 1 heterocycles. The van der Waals surface area contributed by atoms with Crippen LogP contribution in [0.15, 0.2) is 18.2 Å². The quantitative estimate of drug-likeness (QED) is 0.911. The number of rotatable bonds is 4. The Bertz CT molecular complexity index is 457. The topological polar surface area (TPSA) is 35.6 Å². The predicted octanol–water partition coefficient (Wildman–Crippen LogP) is 1.34. The van der Waals surface area contributed by atoms with E-state index in [0.29, 0.717) is 17.1 Å². The Balaban J connectivity index is 1.93. The fourth-order valence-electron chi connectivity index (χ4n) is 2.19. The van der Waals surface area contributed by atoms with Gasteiger partial charge < -0.3 is 10.2 Å². The van der Waals surface area contributed by atoms with Gasteiger partial charge in [-0.3, -0.25) is 9.69 Å². The molecular weight excluding hydrogens is 281 g/mol. The molecule has 0 atom stereocenters. The maximum absolute atomic E-state index is 13.7. The molecule has 4 nitrogen and oxygen atoms in total. The molecule has 0 saturated carbocycles. The number of nitrogens with zero attached hydrogens (tertiary/aromatic N) is 2. The molecule has 6 heteroatoms. The average Bonchev–Trinajstić information content (AvgIpc) is 2.44. The molecule has 1 N–H and O–H groups in total. The van der Waals surface area contributed by atoms with Crippen molar-refractivity contribution < 1.29 is 9.18 Å². The van der Waals surface area contributed by atoms with Gasteiger partial charge in [0.05, 0.1) is 6.54 Å². The molecule has 1 saturated heterocycles. The largest absolute Gasteiger partial charge is 0.340 e. The van der Waals surface area contributed by atoms with Crippen LogP contribution in [0.4, 0.5) is 4.39 Å². The number of likely N-dealkylation sites (N-methyl/N-ethyl adjacent to an activating group) is 1. The van der Waals surface area contributed by atoms with Crippen LogP contribution in [0.1, 0.15) is 5.56 Å². The monoisotopic (exact) mass is 299 g/mol. The van der Waals surface area contributed by atoms with Crippen LogP contribution in [0.5, 0.6) is 0 Å². The number of hydrogen-bond acceptors (Lipinski definition) is 3. The lowest BCUT2D eigenvalue weighted by Crippen LogP contribution is -2.47. The number of carbonyl (C=O) groups is 1.